The quantitative estimate of drug-likeness (QED) is 0.873. The Kier molecular flexibility index (Phi) is 4.71. The van der Waals surface area contributed by atoms with Crippen molar-refractivity contribution in [3.8, 4) is 11.4 Å². The molecule has 24 heavy (non-hydrogen) atoms. The molecule has 0 saturated carbocycles. The van der Waals surface area contributed by atoms with Gasteiger partial charge in [0.1, 0.15) is 11.3 Å². The molecule has 128 valence electrons. The fraction of sp³-hybridized carbons (Fsp3) is 0.353. The monoisotopic (exact) mass is 350 g/mol. The van der Waals surface area contributed by atoms with Crippen molar-refractivity contribution < 1.29 is 19.4 Å². The van der Waals surface area contributed by atoms with Crippen LogP contribution in [0.3, 0.4) is 0 Å². The fourth-order valence-corrected chi connectivity index (χ4v) is 2.48. The van der Waals surface area contributed by atoms with Crippen LogP contribution < -0.4 is 0 Å². The first-order valence-corrected chi connectivity index (χ1v) is 7.71. The second-order valence-electron chi connectivity index (χ2n) is 6.43. The van der Waals surface area contributed by atoms with Crippen molar-refractivity contribution in [3.05, 3.63) is 40.2 Å². The lowest BCUT2D eigenvalue weighted by molar-refractivity contribution is 0.0508. The zero-order valence-electron chi connectivity index (χ0n) is 14.2. The van der Waals surface area contributed by atoms with E-state index in [9.17, 15) is 14.7 Å². The third kappa shape index (κ3) is 3.43. The van der Waals surface area contributed by atoms with Crippen molar-refractivity contribution in [2.75, 3.05) is 0 Å². The number of nitrogens with zero attached hydrogens (tertiary/aromatic N) is 2. The van der Waals surface area contributed by atoms with Gasteiger partial charge in [0.05, 0.1) is 16.4 Å². The van der Waals surface area contributed by atoms with Crippen LogP contribution in [-0.4, -0.2) is 32.3 Å². The van der Waals surface area contributed by atoms with Gasteiger partial charge in [-0.3, -0.25) is 4.98 Å². The molecule has 7 heteroatoms. The van der Waals surface area contributed by atoms with Gasteiger partial charge in [-0.25, -0.2) is 14.2 Å². The maximum absolute atomic E-state index is 12.6. The number of halogens is 1. The molecule has 0 amide bonds. The molecule has 0 aliphatic carbocycles. The number of ether oxygens (including phenoxy) is 1. The van der Waals surface area contributed by atoms with Gasteiger partial charge in [0.15, 0.2) is 0 Å². The Morgan fingerprint density at radius 2 is 1.83 bits per heavy atom. The van der Waals surface area contributed by atoms with Crippen LogP contribution in [0.5, 0.6) is 0 Å². The number of carbonyl (C=O) groups excluding carboxylic acids is 1. The van der Waals surface area contributed by atoms with Gasteiger partial charge in [0.25, 0.3) is 0 Å². The average molecular weight is 351 g/mol. The summed E-state index contributed by atoms with van der Waals surface area (Å²) in [5, 5.41) is 10.00. The minimum atomic E-state index is -1.21. The van der Waals surface area contributed by atoms with Gasteiger partial charge in [-0.05, 0) is 57.9 Å². The molecule has 2 aromatic rings. The molecule has 1 N–H and O–H groups in total. The number of hydrogen-bond acceptors (Lipinski definition) is 4. The topological polar surface area (TPSA) is 81.4 Å². The van der Waals surface area contributed by atoms with E-state index in [0.717, 1.165) is 4.57 Å². The summed E-state index contributed by atoms with van der Waals surface area (Å²) in [5.74, 6) is -1.21. The second kappa shape index (κ2) is 6.28. The summed E-state index contributed by atoms with van der Waals surface area (Å²) in [5.41, 5.74) is 1.07. The first kappa shape index (κ1) is 18.0. The molecule has 0 bridgehead atoms. The molecule has 0 radical (unpaired) electrons. The summed E-state index contributed by atoms with van der Waals surface area (Å²) in [7, 11) is 0. The van der Waals surface area contributed by atoms with E-state index in [2.05, 4.69) is 4.98 Å². The Labute approximate surface area is 145 Å². The number of aromatic carboxylic acids is 1. The molecule has 2 aromatic heterocycles. The SMILES string of the molecule is Cc1c(C)c(-c2ccc(Cl)cn2)n(C(=O)OC(C)(C)C)c1C(=O)O. The van der Waals surface area contributed by atoms with Crippen LogP contribution in [0, 0.1) is 13.8 Å². The number of carbonyl (C=O) groups is 2. The number of rotatable bonds is 2. The van der Waals surface area contributed by atoms with Crippen LogP contribution in [-0.2, 0) is 4.74 Å². The Morgan fingerprint density at radius 3 is 2.29 bits per heavy atom. The minimum Gasteiger partial charge on any atom is -0.477 e. The molecule has 0 unspecified atom stereocenters. The van der Waals surface area contributed by atoms with E-state index in [-0.39, 0.29) is 5.69 Å². The first-order valence-electron chi connectivity index (χ1n) is 7.33. The Balaban J connectivity index is 2.74. The van der Waals surface area contributed by atoms with E-state index in [1.54, 1.807) is 46.8 Å². The van der Waals surface area contributed by atoms with Crippen LogP contribution >= 0.6 is 11.6 Å². The molecule has 0 aromatic carbocycles. The predicted octanol–water partition coefficient (Wildman–Crippen LogP) is 4.30. The fourth-order valence-electron chi connectivity index (χ4n) is 2.37. The van der Waals surface area contributed by atoms with Crippen molar-refractivity contribution in [2.45, 2.75) is 40.2 Å². The molecule has 2 rings (SSSR count). The number of carboxylic acid groups (broad SMARTS) is 1. The van der Waals surface area contributed by atoms with Gasteiger partial charge in [-0.2, -0.15) is 0 Å². The average Bonchev–Trinajstić information content (AvgIpc) is 2.71. The third-order valence-electron chi connectivity index (χ3n) is 3.47. The van der Waals surface area contributed by atoms with E-state index in [1.807, 2.05) is 0 Å². The van der Waals surface area contributed by atoms with Crippen LogP contribution in [0.25, 0.3) is 11.4 Å². The lowest BCUT2D eigenvalue weighted by Gasteiger charge is -2.21. The molecule has 2 heterocycles. The molecule has 0 aliphatic rings. The maximum atomic E-state index is 12.6. The summed E-state index contributed by atoms with van der Waals surface area (Å²) in [6.45, 7) is 8.55. The highest BCUT2D eigenvalue weighted by molar-refractivity contribution is 6.30. The summed E-state index contributed by atoms with van der Waals surface area (Å²) < 4.78 is 6.44. The smallest absolute Gasteiger partial charge is 0.419 e. The predicted molar refractivity (Wildman–Crippen MR) is 90.7 cm³/mol. The van der Waals surface area contributed by atoms with Gasteiger partial charge in [-0.1, -0.05) is 11.6 Å². The van der Waals surface area contributed by atoms with Gasteiger partial charge < -0.3 is 9.84 Å². The van der Waals surface area contributed by atoms with Crippen molar-refractivity contribution in [1.29, 1.82) is 0 Å². The molecule has 0 atom stereocenters. The highest BCUT2D eigenvalue weighted by atomic mass is 35.5. The Morgan fingerprint density at radius 1 is 1.21 bits per heavy atom. The van der Waals surface area contributed by atoms with E-state index in [1.165, 1.54) is 6.20 Å². The van der Waals surface area contributed by atoms with Crippen molar-refractivity contribution in [2.24, 2.45) is 0 Å². The van der Waals surface area contributed by atoms with Crippen molar-refractivity contribution in [1.82, 2.24) is 9.55 Å². The van der Waals surface area contributed by atoms with E-state index >= 15 is 0 Å². The van der Waals surface area contributed by atoms with E-state index < -0.39 is 17.7 Å². The van der Waals surface area contributed by atoms with Crippen molar-refractivity contribution in [3.63, 3.8) is 0 Å². The van der Waals surface area contributed by atoms with Crippen LogP contribution in [0.1, 0.15) is 42.4 Å². The summed E-state index contributed by atoms with van der Waals surface area (Å²) in [6, 6.07) is 3.27. The lowest BCUT2D eigenvalue weighted by atomic mass is 10.1. The largest absolute Gasteiger partial charge is 0.477 e. The van der Waals surface area contributed by atoms with Crippen molar-refractivity contribution >= 4 is 23.7 Å². The zero-order valence-corrected chi connectivity index (χ0v) is 14.9. The molecular weight excluding hydrogens is 332 g/mol. The number of pyridine rings is 1. The molecule has 0 saturated heterocycles. The number of carboxylic acids is 1. The van der Waals surface area contributed by atoms with Gasteiger partial charge in [-0.15, -0.1) is 0 Å². The molecular formula is C17H19ClN2O4. The Bertz CT molecular complexity index is 801. The highest BCUT2D eigenvalue weighted by Crippen LogP contribution is 2.31. The summed E-state index contributed by atoms with van der Waals surface area (Å²) in [4.78, 5) is 28.5. The lowest BCUT2D eigenvalue weighted by Crippen LogP contribution is -2.29. The second-order valence-corrected chi connectivity index (χ2v) is 6.87. The maximum Gasteiger partial charge on any atom is 0.419 e. The van der Waals surface area contributed by atoms with Gasteiger partial charge in [0.2, 0.25) is 0 Å². The van der Waals surface area contributed by atoms with Gasteiger partial charge >= 0.3 is 12.1 Å². The minimum absolute atomic E-state index is 0.131. The summed E-state index contributed by atoms with van der Waals surface area (Å²) in [6.07, 6.45) is 0.682. The molecule has 0 spiro atoms. The molecule has 0 aliphatic heterocycles. The zero-order chi connectivity index (χ0) is 18.2. The van der Waals surface area contributed by atoms with E-state index in [0.29, 0.717) is 27.5 Å². The summed E-state index contributed by atoms with van der Waals surface area (Å²) >= 11 is 5.86. The van der Waals surface area contributed by atoms with Gasteiger partial charge in [0, 0.05) is 6.20 Å². The molecule has 0 fully saturated rings. The van der Waals surface area contributed by atoms with Crippen LogP contribution in [0.15, 0.2) is 18.3 Å². The first-order chi connectivity index (χ1) is 11.0. The van der Waals surface area contributed by atoms with Crippen LogP contribution in [0.2, 0.25) is 5.02 Å². The number of aromatic nitrogens is 2. The normalized spacial score (nSPS) is 11.4. The Hall–Kier alpha value is -2.34. The van der Waals surface area contributed by atoms with Crippen LogP contribution in [0.4, 0.5) is 4.79 Å². The number of hydrogen-bond donors (Lipinski definition) is 1. The highest BCUT2D eigenvalue weighted by Gasteiger charge is 2.30. The van der Waals surface area contributed by atoms with E-state index in [4.69, 9.17) is 16.3 Å². The third-order valence-corrected chi connectivity index (χ3v) is 3.69. The standard InChI is InChI=1S/C17H19ClN2O4/c1-9-10(2)14(15(21)22)20(16(23)24-17(3,4)5)13(9)12-7-6-11(18)8-19-12/h6-8H,1-5H3,(H,21,22). The molecule has 6 nitrogen and oxygen atoms in total.